The Morgan fingerprint density at radius 2 is 1.65 bits per heavy atom. The Balaban J connectivity index is 1.26. The van der Waals surface area contributed by atoms with E-state index in [9.17, 15) is 14.0 Å². The van der Waals surface area contributed by atoms with Gasteiger partial charge in [0.25, 0.3) is 6.43 Å². The molecule has 1 N–H and O–H groups in total. The highest BCUT2D eigenvalue weighted by atomic mass is 19.3. The number of alkyl halides is 2. The maximum absolute atomic E-state index is 13.9. The third-order valence-corrected chi connectivity index (χ3v) is 8.61. The number of pyridine rings is 1. The SMILES string of the molecule is Cc1cc(C#N)c2oc(-c3cccc(-c4cccc(Nc5nc(C(F)F)nc6cc(CN7CCCC7)cnc56)c4C)c3C)nc2c1. The van der Waals surface area contributed by atoms with Crippen molar-refractivity contribution >= 4 is 33.6 Å². The zero-order valence-electron chi connectivity index (χ0n) is 25.7. The molecule has 0 spiro atoms. The molecule has 1 saturated heterocycles. The maximum Gasteiger partial charge on any atom is 0.297 e. The molecule has 3 aromatic heterocycles. The van der Waals surface area contributed by atoms with E-state index in [0.29, 0.717) is 45.8 Å². The first-order valence-corrected chi connectivity index (χ1v) is 15.2. The number of aromatic nitrogens is 4. The summed E-state index contributed by atoms with van der Waals surface area (Å²) in [5.74, 6) is 0.125. The first kappa shape index (κ1) is 29.4. The Morgan fingerprint density at radius 3 is 2.41 bits per heavy atom. The lowest BCUT2D eigenvalue weighted by atomic mass is 9.93. The number of anilines is 2. The molecule has 0 atom stereocenters. The standard InChI is InChI=1S/C36H31F2N7O/c1-20-14-24(17-39)32-30(15-20)43-36(46-32)27-10-6-8-25(21(27)2)26-9-7-11-28(22(26)3)41-34-31-29(42-35(44-34)33(37)38)16-23(18-40-31)19-45-12-4-5-13-45/h6-11,14-16,18,33H,4-5,12-13,19H2,1-3H3,(H,41,42,44). The molecule has 10 heteroatoms. The van der Waals surface area contributed by atoms with Gasteiger partial charge in [-0.05, 0) is 110 Å². The van der Waals surface area contributed by atoms with E-state index in [4.69, 9.17) is 9.40 Å². The maximum atomic E-state index is 13.9. The van der Waals surface area contributed by atoms with Crippen molar-refractivity contribution in [1.82, 2.24) is 24.8 Å². The van der Waals surface area contributed by atoms with Crippen molar-refractivity contribution in [1.29, 1.82) is 5.26 Å². The van der Waals surface area contributed by atoms with E-state index in [0.717, 1.165) is 64.9 Å². The molecule has 7 rings (SSSR count). The number of nitrogens with one attached hydrogen (secondary N) is 1. The third kappa shape index (κ3) is 5.43. The molecule has 46 heavy (non-hydrogen) atoms. The van der Waals surface area contributed by atoms with Crippen molar-refractivity contribution in [3.05, 3.63) is 94.4 Å². The van der Waals surface area contributed by atoms with Crippen LogP contribution in [0, 0.1) is 32.1 Å². The van der Waals surface area contributed by atoms with Gasteiger partial charge in [0.05, 0.1) is 11.1 Å². The molecular formula is C36H31F2N7O. The summed E-state index contributed by atoms with van der Waals surface area (Å²) in [6.45, 7) is 8.65. The fourth-order valence-corrected chi connectivity index (χ4v) is 6.27. The fourth-order valence-electron chi connectivity index (χ4n) is 6.27. The summed E-state index contributed by atoms with van der Waals surface area (Å²) in [4.78, 5) is 20.0. The molecule has 0 bridgehead atoms. The number of aryl methyl sites for hydroxylation is 1. The van der Waals surface area contributed by atoms with Crippen LogP contribution in [0.4, 0.5) is 20.3 Å². The van der Waals surface area contributed by atoms with Gasteiger partial charge in [0.1, 0.15) is 17.1 Å². The number of nitrogens with zero attached hydrogens (tertiary/aromatic N) is 6. The zero-order chi connectivity index (χ0) is 31.9. The Kier molecular flexibility index (Phi) is 7.62. The van der Waals surface area contributed by atoms with Crippen LogP contribution in [0.2, 0.25) is 0 Å². The highest BCUT2D eigenvalue weighted by Crippen LogP contribution is 2.38. The Labute approximate surface area is 264 Å². The van der Waals surface area contributed by atoms with E-state index in [1.807, 2.05) is 69.3 Å². The molecule has 0 radical (unpaired) electrons. The number of nitriles is 1. The van der Waals surface area contributed by atoms with E-state index in [-0.39, 0.29) is 5.82 Å². The van der Waals surface area contributed by atoms with Crippen LogP contribution in [-0.4, -0.2) is 37.9 Å². The van der Waals surface area contributed by atoms with Crippen molar-refractivity contribution < 1.29 is 13.2 Å². The molecule has 230 valence electrons. The highest BCUT2D eigenvalue weighted by molar-refractivity contribution is 5.89. The summed E-state index contributed by atoms with van der Waals surface area (Å²) in [6.07, 6.45) is 1.27. The summed E-state index contributed by atoms with van der Waals surface area (Å²) >= 11 is 0. The van der Waals surface area contributed by atoms with Crippen molar-refractivity contribution in [2.45, 2.75) is 46.6 Å². The summed E-state index contributed by atoms with van der Waals surface area (Å²) in [5.41, 5.74) is 9.51. The second-order valence-corrected chi connectivity index (χ2v) is 11.8. The van der Waals surface area contributed by atoms with Crippen LogP contribution in [0.5, 0.6) is 0 Å². The van der Waals surface area contributed by atoms with Crippen LogP contribution in [0.15, 0.2) is 65.2 Å². The average molecular weight is 616 g/mol. The van der Waals surface area contributed by atoms with Crippen molar-refractivity contribution in [2.24, 2.45) is 0 Å². The van der Waals surface area contributed by atoms with Crippen molar-refractivity contribution in [2.75, 3.05) is 18.4 Å². The number of rotatable bonds is 7. The van der Waals surface area contributed by atoms with Crippen LogP contribution in [0.1, 0.15) is 52.9 Å². The predicted octanol–water partition coefficient (Wildman–Crippen LogP) is 8.57. The molecule has 1 aliphatic rings. The highest BCUT2D eigenvalue weighted by Gasteiger charge is 2.21. The van der Waals surface area contributed by atoms with Gasteiger partial charge in [-0.15, -0.1) is 0 Å². The van der Waals surface area contributed by atoms with Crippen molar-refractivity contribution in [3.63, 3.8) is 0 Å². The van der Waals surface area contributed by atoms with Gasteiger partial charge in [0.2, 0.25) is 5.89 Å². The molecule has 3 aromatic carbocycles. The Bertz CT molecular complexity index is 2160. The number of oxazole rings is 1. The number of benzene rings is 3. The van der Waals surface area contributed by atoms with Crippen LogP contribution in [-0.2, 0) is 6.54 Å². The minimum atomic E-state index is -2.83. The largest absolute Gasteiger partial charge is 0.435 e. The summed E-state index contributed by atoms with van der Waals surface area (Å²) < 4.78 is 34.0. The Morgan fingerprint density at radius 1 is 0.913 bits per heavy atom. The lowest BCUT2D eigenvalue weighted by Crippen LogP contribution is -2.18. The molecule has 0 amide bonds. The first-order chi connectivity index (χ1) is 22.3. The normalized spacial score (nSPS) is 13.6. The fraction of sp³-hybridized carbons (Fsp3) is 0.250. The topological polar surface area (TPSA) is 104 Å². The van der Waals surface area contributed by atoms with E-state index in [2.05, 4.69) is 31.2 Å². The molecule has 0 saturated carbocycles. The van der Waals surface area contributed by atoms with Gasteiger partial charge < -0.3 is 9.73 Å². The number of hydrogen-bond donors (Lipinski definition) is 1. The Hall–Kier alpha value is -5.27. The van der Waals surface area contributed by atoms with Gasteiger partial charge in [0.15, 0.2) is 17.2 Å². The van der Waals surface area contributed by atoms with Crippen LogP contribution in [0.25, 0.3) is 44.7 Å². The first-order valence-electron chi connectivity index (χ1n) is 15.2. The molecular weight excluding hydrogens is 584 g/mol. The average Bonchev–Trinajstić information content (AvgIpc) is 3.72. The van der Waals surface area contributed by atoms with Crippen LogP contribution < -0.4 is 5.32 Å². The summed E-state index contributed by atoms with van der Waals surface area (Å²) in [6, 6.07) is 19.5. The van der Waals surface area contributed by atoms with Gasteiger partial charge in [-0.25, -0.2) is 23.7 Å². The van der Waals surface area contributed by atoms with E-state index < -0.39 is 12.2 Å². The van der Waals surface area contributed by atoms with E-state index in [1.54, 1.807) is 12.3 Å². The number of fused-ring (bicyclic) bond motifs is 2. The molecule has 4 heterocycles. The second-order valence-electron chi connectivity index (χ2n) is 11.8. The monoisotopic (exact) mass is 615 g/mol. The molecule has 0 aliphatic carbocycles. The molecule has 1 aliphatic heterocycles. The molecule has 1 fully saturated rings. The zero-order valence-corrected chi connectivity index (χ0v) is 25.7. The lowest BCUT2D eigenvalue weighted by molar-refractivity contribution is 0.141. The van der Waals surface area contributed by atoms with Gasteiger partial charge in [-0.3, -0.25) is 9.88 Å². The van der Waals surface area contributed by atoms with Crippen LogP contribution in [0.3, 0.4) is 0 Å². The van der Waals surface area contributed by atoms with E-state index >= 15 is 0 Å². The van der Waals surface area contributed by atoms with E-state index in [1.165, 1.54) is 0 Å². The van der Waals surface area contributed by atoms with Gasteiger partial charge >= 0.3 is 0 Å². The number of halogens is 2. The molecule has 8 nitrogen and oxygen atoms in total. The van der Waals surface area contributed by atoms with Gasteiger partial charge in [0, 0.05) is 24.0 Å². The quantitative estimate of drug-likeness (QED) is 0.190. The van der Waals surface area contributed by atoms with Gasteiger partial charge in [-0.1, -0.05) is 24.3 Å². The molecule has 0 unspecified atom stereocenters. The summed E-state index contributed by atoms with van der Waals surface area (Å²) in [5, 5.41) is 12.9. The number of hydrogen-bond acceptors (Lipinski definition) is 8. The van der Waals surface area contributed by atoms with Gasteiger partial charge in [-0.2, -0.15) is 5.26 Å². The lowest BCUT2D eigenvalue weighted by Gasteiger charge is -2.17. The predicted molar refractivity (Wildman–Crippen MR) is 174 cm³/mol. The van der Waals surface area contributed by atoms with Crippen molar-refractivity contribution in [3.8, 4) is 28.7 Å². The smallest absolute Gasteiger partial charge is 0.297 e. The molecule has 6 aromatic rings. The summed E-state index contributed by atoms with van der Waals surface area (Å²) in [7, 11) is 0. The third-order valence-electron chi connectivity index (χ3n) is 8.61. The second kappa shape index (κ2) is 11.9. The minimum Gasteiger partial charge on any atom is -0.435 e. The van der Waals surface area contributed by atoms with Crippen LogP contribution >= 0.6 is 0 Å². The number of likely N-dealkylation sites (tertiary alicyclic amines) is 1. The minimum absolute atomic E-state index is 0.230.